The summed E-state index contributed by atoms with van der Waals surface area (Å²) in [5.74, 6) is 2.00. The molecule has 0 bridgehead atoms. The number of nitrogens with zero attached hydrogens (tertiary/aromatic N) is 8. The first-order valence-corrected chi connectivity index (χ1v) is 23.7. The number of aromatic nitrogens is 4. The zero-order valence-corrected chi connectivity index (χ0v) is 37.1. The number of hydrogen-bond acceptors (Lipinski definition) is 13. The first kappa shape index (κ1) is 41.4. The van der Waals surface area contributed by atoms with E-state index in [0.29, 0.717) is 62.9 Å². The van der Waals surface area contributed by atoms with E-state index in [1.807, 2.05) is 25.1 Å². The fourth-order valence-electron chi connectivity index (χ4n) is 8.56. The SMILES string of the molecule is COc1cc(N2CCN(CC3CCN(c4ccc(N5CCC(=O)NC5=O)c(C)c4)CC3)CC2)c(C)cc1Nc1ncc(Br)c(Nc2ccc3nccnc3c2P(C)(C)=O)n1. The highest BCUT2D eigenvalue weighted by Crippen LogP contribution is 2.42. The lowest BCUT2D eigenvalue weighted by Gasteiger charge is -2.40. The number of urea groups is 1. The van der Waals surface area contributed by atoms with Crippen molar-refractivity contribution < 1.29 is 18.9 Å². The maximum absolute atomic E-state index is 13.5. The number of aryl methyl sites for hydroxylation is 2. The summed E-state index contributed by atoms with van der Waals surface area (Å²) in [6, 6.07) is 13.8. The molecule has 3 saturated heterocycles. The lowest BCUT2D eigenvalue weighted by atomic mass is 9.95. The van der Waals surface area contributed by atoms with E-state index in [4.69, 9.17) is 9.72 Å². The van der Waals surface area contributed by atoms with Crippen molar-refractivity contribution in [1.82, 2.24) is 30.2 Å². The maximum Gasteiger partial charge on any atom is 0.328 e. The van der Waals surface area contributed by atoms with Gasteiger partial charge in [0.05, 0.1) is 33.8 Å². The highest BCUT2D eigenvalue weighted by Gasteiger charge is 2.28. The number of nitrogens with one attached hydrogen (secondary N) is 3. The van der Waals surface area contributed by atoms with Gasteiger partial charge < -0.3 is 29.7 Å². The number of hydrogen-bond donors (Lipinski definition) is 3. The Bertz CT molecular complexity index is 2480. The Morgan fingerprint density at radius 3 is 2.32 bits per heavy atom. The minimum atomic E-state index is -2.76. The van der Waals surface area contributed by atoms with E-state index in [9.17, 15) is 14.2 Å². The molecule has 0 radical (unpaired) electrons. The van der Waals surface area contributed by atoms with Gasteiger partial charge in [-0.25, -0.2) is 9.78 Å². The number of piperidine rings is 1. The Labute approximate surface area is 358 Å². The van der Waals surface area contributed by atoms with Crippen molar-refractivity contribution in [1.29, 1.82) is 0 Å². The second-order valence-electron chi connectivity index (χ2n) is 16.2. The van der Waals surface area contributed by atoms with Crippen molar-refractivity contribution in [3.63, 3.8) is 0 Å². The number of carbonyl (C=O) groups excluding carboxylic acids is 2. The largest absolute Gasteiger partial charge is 0.494 e. The van der Waals surface area contributed by atoms with Crippen LogP contribution in [0.1, 0.15) is 30.4 Å². The molecule has 15 nitrogen and oxygen atoms in total. The van der Waals surface area contributed by atoms with Crippen LogP contribution in [-0.2, 0) is 9.36 Å². The quantitative estimate of drug-likeness (QED) is 0.116. The van der Waals surface area contributed by atoms with E-state index in [-0.39, 0.29) is 11.9 Å². The van der Waals surface area contributed by atoms with E-state index in [1.54, 1.807) is 43.9 Å². The summed E-state index contributed by atoms with van der Waals surface area (Å²) < 4.78 is 20.0. The molecule has 3 aliphatic heterocycles. The molecule has 0 saturated carbocycles. The topological polar surface area (TPSA) is 161 Å². The minimum absolute atomic E-state index is 0.220. The van der Waals surface area contributed by atoms with Gasteiger partial charge in [-0.1, -0.05) is 0 Å². The first-order chi connectivity index (χ1) is 28.8. The lowest BCUT2D eigenvalue weighted by molar-refractivity contribution is -0.120. The fourth-order valence-corrected chi connectivity index (χ4v) is 10.2. The van der Waals surface area contributed by atoms with Gasteiger partial charge in [-0.2, -0.15) is 4.98 Å². The second kappa shape index (κ2) is 17.3. The third-order valence-corrected chi connectivity index (χ3v) is 13.8. The van der Waals surface area contributed by atoms with E-state index in [2.05, 4.69) is 92.7 Å². The summed E-state index contributed by atoms with van der Waals surface area (Å²) in [7, 11) is -1.09. The fraction of sp³-hybridized carbons (Fsp3) is 0.395. The molecule has 3 amide bonds. The number of methoxy groups -OCH3 is 1. The summed E-state index contributed by atoms with van der Waals surface area (Å²) in [5.41, 5.74) is 8.02. The van der Waals surface area contributed by atoms with Crippen molar-refractivity contribution in [2.75, 3.05) is 98.1 Å². The Morgan fingerprint density at radius 2 is 1.60 bits per heavy atom. The molecule has 3 aliphatic rings. The maximum atomic E-state index is 13.5. The predicted octanol–water partition coefficient (Wildman–Crippen LogP) is 7.03. The molecule has 3 N–H and O–H groups in total. The van der Waals surface area contributed by atoms with Gasteiger partial charge in [0.1, 0.15) is 24.2 Å². The summed E-state index contributed by atoms with van der Waals surface area (Å²) in [5, 5.41) is 9.78. The number of carbonyl (C=O) groups is 2. The van der Waals surface area contributed by atoms with Crippen LogP contribution in [0.5, 0.6) is 5.75 Å². The molecule has 17 heteroatoms. The molecule has 314 valence electrons. The average molecular weight is 897 g/mol. The molecule has 5 heterocycles. The lowest BCUT2D eigenvalue weighted by Crippen LogP contribution is -2.49. The van der Waals surface area contributed by atoms with Gasteiger partial charge in [0, 0.05) is 100 Å². The summed E-state index contributed by atoms with van der Waals surface area (Å²) in [4.78, 5) is 51.4. The number of halogens is 1. The number of rotatable bonds is 11. The standard InChI is InChI=1S/C43H51BrN11O4P/c1-27-22-30(6-9-35(27)55-17-12-38(56)50-43(55)57)53-15-10-29(11-16-53)26-52-18-20-54(21-19-52)36-24-37(59-3)34(23-28(36)2)49-42-47-25-31(44)41(51-42)48-33-8-7-32-39(46-14-13-45-32)40(33)60(4,5)58/h6-9,13-14,22-25,29H,10-12,15-21,26H2,1-5H3,(H,50,56,57)(H2,47,48,49,51). The monoisotopic (exact) mass is 895 g/mol. The number of benzene rings is 3. The molecule has 3 aromatic carbocycles. The Morgan fingerprint density at radius 1 is 0.850 bits per heavy atom. The van der Waals surface area contributed by atoms with Crippen LogP contribution in [0.3, 0.4) is 0 Å². The summed E-state index contributed by atoms with van der Waals surface area (Å²) in [6.45, 7) is 15.0. The number of fused-ring (bicyclic) bond motifs is 1. The minimum Gasteiger partial charge on any atom is -0.494 e. The molecule has 0 spiro atoms. The van der Waals surface area contributed by atoms with Crippen molar-refractivity contribution in [2.24, 2.45) is 5.92 Å². The van der Waals surface area contributed by atoms with Crippen molar-refractivity contribution >= 4 is 91.6 Å². The number of amides is 3. The van der Waals surface area contributed by atoms with Crippen molar-refractivity contribution in [2.45, 2.75) is 33.1 Å². The van der Waals surface area contributed by atoms with Crippen LogP contribution in [0.4, 0.5) is 45.0 Å². The summed E-state index contributed by atoms with van der Waals surface area (Å²) in [6.07, 6.45) is 7.51. The molecule has 3 fully saturated rings. The first-order valence-electron chi connectivity index (χ1n) is 20.3. The third-order valence-electron chi connectivity index (χ3n) is 11.6. The zero-order valence-electron chi connectivity index (χ0n) is 34.7. The molecule has 2 aromatic heterocycles. The van der Waals surface area contributed by atoms with Gasteiger partial charge >= 0.3 is 6.03 Å². The third kappa shape index (κ3) is 8.91. The molecule has 0 atom stereocenters. The Balaban J connectivity index is 0.867. The van der Waals surface area contributed by atoms with E-state index in [0.717, 1.165) is 86.8 Å². The molecule has 0 unspecified atom stereocenters. The highest BCUT2D eigenvalue weighted by molar-refractivity contribution is 9.10. The Kier molecular flexibility index (Phi) is 12.0. The normalized spacial score (nSPS) is 16.9. The van der Waals surface area contributed by atoms with Crippen LogP contribution in [0.25, 0.3) is 11.0 Å². The van der Waals surface area contributed by atoms with Crippen LogP contribution in [0.2, 0.25) is 0 Å². The van der Waals surface area contributed by atoms with Crippen LogP contribution in [0, 0.1) is 19.8 Å². The zero-order chi connectivity index (χ0) is 42.1. The second-order valence-corrected chi connectivity index (χ2v) is 20.2. The van der Waals surface area contributed by atoms with Crippen LogP contribution < -0.4 is 40.7 Å². The summed E-state index contributed by atoms with van der Waals surface area (Å²) >= 11 is 3.59. The van der Waals surface area contributed by atoms with Gasteiger partial charge in [-0.3, -0.25) is 29.9 Å². The molecule has 60 heavy (non-hydrogen) atoms. The van der Waals surface area contributed by atoms with E-state index >= 15 is 0 Å². The van der Waals surface area contributed by atoms with Gasteiger partial charge in [0.2, 0.25) is 11.9 Å². The molecular formula is C43H51BrN11O4P. The molecule has 8 rings (SSSR count). The molecular weight excluding hydrogens is 845 g/mol. The Hall–Kier alpha value is -5.31. The number of ether oxygens (including phenoxy) is 1. The average Bonchev–Trinajstić information content (AvgIpc) is 3.22. The van der Waals surface area contributed by atoms with Crippen LogP contribution in [-0.4, -0.2) is 110 Å². The van der Waals surface area contributed by atoms with Crippen LogP contribution in [0.15, 0.2) is 65.5 Å². The van der Waals surface area contributed by atoms with Crippen molar-refractivity contribution in [3.8, 4) is 5.75 Å². The molecule has 5 aromatic rings. The molecule has 0 aliphatic carbocycles. The predicted molar refractivity (Wildman–Crippen MR) is 243 cm³/mol. The van der Waals surface area contributed by atoms with Gasteiger partial charge in [0.15, 0.2) is 0 Å². The number of anilines is 7. The van der Waals surface area contributed by atoms with Crippen LogP contribution >= 0.6 is 23.1 Å². The smallest absolute Gasteiger partial charge is 0.328 e. The van der Waals surface area contributed by atoms with Gasteiger partial charge in [-0.05, 0) is 109 Å². The highest BCUT2D eigenvalue weighted by atomic mass is 79.9. The van der Waals surface area contributed by atoms with Crippen molar-refractivity contribution in [3.05, 3.63) is 76.7 Å². The van der Waals surface area contributed by atoms with E-state index < -0.39 is 7.14 Å². The number of piperazine rings is 1. The van der Waals surface area contributed by atoms with E-state index in [1.165, 1.54) is 5.69 Å². The van der Waals surface area contributed by atoms with Gasteiger partial charge in [-0.15, -0.1) is 0 Å². The number of imide groups is 1. The van der Waals surface area contributed by atoms with Gasteiger partial charge in [0.25, 0.3) is 0 Å².